The summed E-state index contributed by atoms with van der Waals surface area (Å²) in [6.07, 6.45) is 3.96. The number of alkyl halides is 3. The van der Waals surface area contributed by atoms with E-state index in [9.17, 15) is 18.0 Å². The summed E-state index contributed by atoms with van der Waals surface area (Å²) in [7, 11) is 2.02. The molecule has 3 aromatic rings. The van der Waals surface area contributed by atoms with Crippen molar-refractivity contribution in [1.29, 1.82) is 0 Å². The second kappa shape index (κ2) is 11.2. The minimum Gasteiger partial charge on any atom is -0.475 e. The van der Waals surface area contributed by atoms with E-state index < -0.39 is 12.1 Å². The predicted molar refractivity (Wildman–Crippen MR) is 128 cm³/mol. The van der Waals surface area contributed by atoms with Crippen molar-refractivity contribution in [3.8, 4) is 11.3 Å². The van der Waals surface area contributed by atoms with Gasteiger partial charge in [0.1, 0.15) is 5.52 Å². The number of aromatic nitrogens is 4. The van der Waals surface area contributed by atoms with Crippen LogP contribution in [0.15, 0.2) is 36.9 Å². The van der Waals surface area contributed by atoms with Crippen molar-refractivity contribution in [2.45, 2.75) is 37.8 Å². The van der Waals surface area contributed by atoms with E-state index in [1.165, 1.54) is 0 Å². The number of amides is 1. The molecule has 0 spiro atoms. The van der Waals surface area contributed by atoms with Crippen molar-refractivity contribution in [3.63, 3.8) is 0 Å². The number of nitrogens with zero attached hydrogens (tertiary/aromatic N) is 5. The number of ether oxygens (including phenoxy) is 1. The van der Waals surface area contributed by atoms with Gasteiger partial charge in [-0.05, 0) is 43.9 Å². The molecule has 0 atom stereocenters. The number of aliphatic carboxylic acids is 1. The quantitative estimate of drug-likeness (QED) is 0.561. The van der Waals surface area contributed by atoms with Crippen LogP contribution in [-0.2, 0) is 21.4 Å². The zero-order valence-electron chi connectivity index (χ0n) is 20.3. The predicted octanol–water partition coefficient (Wildman–Crippen LogP) is 3.80. The number of fused-ring (bicyclic) bond motifs is 1. The summed E-state index contributed by atoms with van der Waals surface area (Å²) in [6, 6.07) is 6.13. The van der Waals surface area contributed by atoms with Gasteiger partial charge in [-0.25, -0.2) is 9.78 Å². The van der Waals surface area contributed by atoms with Gasteiger partial charge < -0.3 is 19.3 Å². The maximum absolute atomic E-state index is 12.9. The number of hydrogen-bond donors (Lipinski definition) is 1. The Labute approximate surface area is 211 Å². The van der Waals surface area contributed by atoms with Crippen LogP contribution >= 0.6 is 0 Å². The Morgan fingerprint density at radius 1 is 1.14 bits per heavy atom. The summed E-state index contributed by atoms with van der Waals surface area (Å²) < 4.78 is 39.2. The van der Waals surface area contributed by atoms with Crippen molar-refractivity contribution in [1.82, 2.24) is 24.4 Å². The fourth-order valence-electron chi connectivity index (χ4n) is 4.66. The molecule has 2 fully saturated rings. The molecule has 37 heavy (non-hydrogen) atoms. The highest BCUT2D eigenvalue weighted by Crippen LogP contribution is 2.33. The smallest absolute Gasteiger partial charge is 0.475 e. The van der Waals surface area contributed by atoms with Gasteiger partial charge >= 0.3 is 12.1 Å². The minimum atomic E-state index is -5.08. The van der Waals surface area contributed by atoms with E-state index in [2.05, 4.69) is 20.9 Å². The van der Waals surface area contributed by atoms with E-state index in [0.29, 0.717) is 25.0 Å². The number of carbonyl (C=O) groups is 2. The summed E-state index contributed by atoms with van der Waals surface area (Å²) in [6.45, 7) is 3.01. The highest BCUT2D eigenvalue weighted by atomic mass is 19.4. The van der Waals surface area contributed by atoms with Crippen LogP contribution in [0.1, 0.15) is 37.3 Å². The average molecular weight is 520 g/mol. The molecule has 0 radical (unpaired) electrons. The Morgan fingerprint density at radius 3 is 2.41 bits per heavy atom. The molecule has 0 bridgehead atoms. The van der Waals surface area contributed by atoms with Crippen molar-refractivity contribution in [3.05, 3.63) is 42.6 Å². The van der Waals surface area contributed by atoms with Crippen molar-refractivity contribution < 1.29 is 32.6 Å². The Bertz CT molecular complexity index is 1230. The fourth-order valence-corrected chi connectivity index (χ4v) is 4.66. The molecule has 0 unspecified atom stereocenters. The van der Waals surface area contributed by atoms with Crippen LogP contribution in [0.3, 0.4) is 0 Å². The maximum Gasteiger partial charge on any atom is 0.490 e. The number of halogens is 3. The number of carbonyl (C=O) groups excluding carboxylic acids is 1. The summed E-state index contributed by atoms with van der Waals surface area (Å²) in [4.78, 5) is 37.7. The monoisotopic (exact) mass is 519 g/mol. The molecule has 2 aliphatic rings. The first-order valence-electron chi connectivity index (χ1n) is 12.0. The highest BCUT2D eigenvalue weighted by Gasteiger charge is 2.38. The van der Waals surface area contributed by atoms with Gasteiger partial charge in [0.25, 0.3) is 0 Å². The van der Waals surface area contributed by atoms with Gasteiger partial charge in [0, 0.05) is 68.8 Å². The lowest BCUT2D eigenvalue weighted by Crippen LogP contribution is -2.42. The maximum atomic E-state index is 12.9. The molecule has 198 valence electrons. The fraction of sp³-hybridized carbons (Fsp3) is 0.480. The Balaban J connectivity index is 0.000000405. The van der Waals surface area contributed by atoms with Gasteiger partial charge in [-0.1, -0.05) is 0 Å². The molecular weight excluding hydrogens is 491 g/mol. The summed E-state index contributed by atoms with van der Waals surface area (Å²) in [5.41, 5.74) is 4.94. The standard InChI is InChI=1S/C23H27N5O2.C2HF3O2/c1-27-15-25-22-20(27)13-19(26-21(22)18-3-2-8-24-14-18)16-4-9-28(10-5-16)23(29)17-6-11-30-12-7-17;3-2(4,5)1(6)7/h2-3,8,13-17H,4-7,9-12H2,1H3;(H,6,7). The van der Waals surface area contributed by atoms with Gasteiger partial charge in [-0.2, -0.15) is 13.2 Å². The zero-order valence-corrected chi connectivity index (χ0v) is 20.3. The van der Waals surface area contributed by atoms with Crippen LogP contribution in [0.2, 0.25) is 0 Å². The van der Waals surface area contributed by atoms with Crippen LogP contribution in [-0.4, -0.2) is 73.9 Å². The van der Waals surface area contributed by atoms with E-state index in [1.54, 1.807) is 6.20 Å². The zero-order chi connectivity index (χ0) is 26.6. The molecule has 5 heterocycles. The van der Waals surface area contributed by atoms with Gasteiger partial charge in [0.05, 0.1) is 17.5 Å². The molecule has 1 N–H and O–H groups in total. The normalized spacial score (nSPS) is 17.4. The van der Waals surface area contributed by atoms with Gasteiger partial charge in [0.2, 0.25) is 5.91 Å². The number of likely N-dealkylation sites (tertiary alicyclic amines) is 1. The third-order valence-electron chi connectivity index (χ3n) is 6.71. The SMILES string of the molecule is Cn1cnc2c(-c3cccnc3)nc(C3CCN(C(=O)C4CCOCC4)CC3)cc21.O=C(O)C(F)(F)F. The van der Waals surface area contributed by atoms with E-state index in [0.717, 1.165) is 66.8 Å². The van der Waals surface area contributed by atoms with Crippen LogP contribution < -0.4 is 0 Å². The van der Waals surface area contributed by atoms with E-state index in [-0.39, 0.29) is 5.92 Å². The van der Waals surface area contributed by atoms with E-state index in [4.69, 9.17) is 19.6 Å². The number of pyridine rings is 2. The Hall–Kier alpha value is -3.54. The average Bonchev–Trinajstić information content (AvgIpc) is 3.29. The lowest BCUT2D eigenvalue weighted by Gasteiger charge is -2.35. The topological polar surface area (TPSA) is 110 Å². The third-order valence-corrected chi connectivity index (χ3v) is 6.71. The van der Waals surface area contributed by atoms with Crippen LogP contribution in [0.5, 0.6) is 0 Å². The van der Waals surface area contributed by atoms with Crippen LogP contribution in [0.4, 0.5) is 13.2 Å². The lowest BCUT2D eigenvalue weighted by atomic mass is 9.90. The van der Waals surface area contributed by atoms with Gasteiger partial charge in [0.15, 0.2) is 0 Å². The number of rotatable bonds is 3. The third kappa shape index (κ3) is 6.24. The molecule has 3 aromatic heterocycles. The van der Waals surface area contributed by atoms with E-state index in [1.807, 2.05) is 36.3 Å². The molecule has 0 saturated carbocycles. The van der Waals surface area contributed by atoms with Gasteiger partial charge in [-0.3, -0.25) is 14.8 Å². The van der Waals surface area contributed by atoms with Gasteiger partial charge in [-0.15, -0.1) is 0 Å². The van der Waals surface area contributed by atoms with Crippen molar-refractivity contribution in [2.75, 3.05) is 26.3 Å². The molecule has 2 saturated heterocycles. The number of carboxylic acid groups (broad SMARTS) is 1. The molecule has 9 nitrogen and oxygen atoms in total. The number of hydrogen-bond acceptors (Lipinski definition) is 6. The molecule has 1 amide bonds. The Morgan fingerprint density at radius 2 is 1.81 bits per heavy atom. The number of piperidine rings is 1. The van der Waals surface area contributed by atoms with Crippen LogP contribution in [0, 0.1) is 5.92 Å². The second-order valence-electron chi connectivity index (χ2n) is 9.15. The second-order valence-corrected chi connectivity index (χ2v) is 9.15. The first kappa shape index (κ1) is 26.5. The number of carboxylic acids is 1. The minimum absolute atomic E-state index is 0.136. The molecule has 5 rings (SSSR count). The molecule has 0 aromatic carbocycles. The number of aryl methyl sites for hydroxylation is 1. The van der Waals surface area contributed by atoms with Crippen molar-refractivity contribution in [2.24, 2.45) is 13.0 Å². The molecule has 2 aliphatic heterocycles. The first-order chi connectivity index (χ1) is 17.6. The Kier molecular flexibility index (Phi) is 8.06. The summed E-state index contributed by atoms with van der Waals surface area (Å²) in [5.74, 6) is -1.97. The first-order valence-corrected chi connectivity index (χ1v) is 12.0. The lowest BCUT2D eigenvalue weighted by molar-refractivity contribution is -0.192. The molecule has 12 heteroatoms. The highest BCUT2D eigenvalue weighted by molar-refractivity contribution is 5.89. The number of imidazole rings is 1. The molecule has 0 aliphatic carbocycles. The van der Waals surface area contributed by atoms with Crippen LogP contribution in [0.25, 0.3) is 22.3 Å². The summed E-state index contributed by atoms with van der Waals surface area (Å²) in [5, 5.41) is 7.12. The van der Waals surface area contributed by atoms with E-state index >= 15 is 0 Å². The van der Waals surface area contributed by atoms with Crippen molar-refractivity contribution >= 4 is 22.9 Å². The largest absolute Gasteiger partial charge is 0.490 e. The molecular formula is C25H28F3N5O4. The summed E-state index contributed by atoms with van der Waals surface area (Å²) >= 11 is 0.